The fourth-order valence-electron chi connectivity index (χ4n) is 2.92. The van der Waals surface area contributed by atoms with E-state index in [2.05, 4.69) is 5.32 Å². The maximum Gasteiger partial charge on any atom is 0.238 e. The number of anilines is 1. The predicted molar refractivity (Wildman–Crippen MR) is 99.2 cm³/mol. The van der Waals surface area contributed by atoms with Gasteiger partial charge in [0.25, 0.3) is 0 Å². The van der Waals surface area contributed by atoms with Crippen molar-refractivity contribution in [3.05, 3.63) is 23.2 Å². The van der Waals surface area contributed by atoms with Crippen molar-refractivity contribution < 1.29 is 14.3 Å². The minimum absolute atomic E-state index is 0.0811. The van der Waals surface area contributed by atoms with Gasteiger partial charge in [-0.25, -0.2) is 0 Å². The van der Waals surface area contributed by atoms with Crippen molar-refractivity contribution in [2.75, 3.05) is 45.7 Å². The average molecular weight is 368 g/mol. The second-order valence-corrected chi connectivity index (χ2v) is 6.80. The summed E-state index contributed by atoms with van der Waals surface area (Å²) in [7, 11) is 3.30. The van der Waals surface area contributed by atoms with Crippen molar-refractivity contribution in [2.24, 2.45) is 0 Å². The lowest BCUT2D eigenvalue weighted by atomic mass is 10.2. The number of likely N-dealkylation sites (tertiary alicyclic amines) is 1. The molecule has 1 aliphatic heterocycles. The lowest BCUT2D eigenvalue weighted by molar-refractivity contribution is -0.132. The van der Waals surface area contributed by atoms with Gasteiger partial charge in [-0.2, -0.15) is 0 Å². The van der Waals surface area contributed by atoms with Crippen LogP contribution in [0.2, 0.25) is 5.02 Å². The Morgan fingerprint density at radius 2 is 1.88 bits per heavy atom. The summed E-state index contributed by atoms with van der Waals surface area (Å²) in [4.78, 5) is 28.2. The monoisotopic (exact) mass is 367 g/mol. The SMILES string of the molecule is COc1ccc(Cl)cc1NC(=O)CN(C)CC(=O)N1CCCCCC1. The van der Waals surface area contributed by atoms with Crippen LogP contribution in [0, 0.1) is 0 Å². The van der Waals surface area contributed by atoms with Gasteiger partial charge >= 0.3 is 0 Å². The van der Waals surface area contributed by atoms with E-state index in [4.69, 9.17) is 16.3 Å². The quantitative estimate of drug-likeness (QED) is 0.839. The molecule has 0 atom stereocenters. The number of hydrogen-bond donors (Lipinski definition) is 1. The molecule has 1 aromatic rings. The molecule has 0 aromatic heterocycles. The number of methoxy groups -OCH3 is 1. The summed E-state index contributed by atoms with van der Waals surface area (Å²) in [5.41, 5.74) is 0.521. The molecule has 1 heterocycles. The molecule has 0 aliphatic carbocycles. The van der Waals surface area contributed by atoms with Crippen LogP contribution < -0.4 is 10.1 Å². The third kappa shape index (κ3) is 6.21. The Labute approximate surface area is 154 Å². The lowest BCUT2D eigenvalue weighted by Crippen LogP contribution is -2.41. The molecule has 1 fully saturated rings. The van der Waals surface area contributed by atoms with Crippen molar-refractivity contribution in [1.82, 2.24) is 9.80 Å². The third-order valence-corrected chi connectivity index (χ3v) is 4.45. The smallest absolute Gasteiger partial charge is 0.238 e. The molecular weight excluding hydrogens is 342 g/mol. The number of carbonyl (C=O) groups is 2. The second-order valence-electron chi connectivity index (χ2n) is 6.36. The number of benzene rings is 1. The molecule has 0 spiro atoms. The van der Waals surface area contributed by atoms with Gasteiger partial charge in [-0.15, -0.1) is 0 Å². The van der Waals surface area contributed by atoms with Crippen molar-refractivity contribution >= 4 is 29.1 Å². The molecule has 1 N–H and O–H groups in total. The van der Waals surface area contributed by atoms with Gasteiger partial charge in [-0.05, 0) is 38.1 Å². The zero-order valence-electron chi connectivity index (χ0n) is 14.9. The molecular formula is C18H26ClN3O3. The molecule has 138 valence electrons. The minimum Gasteiger partial charge on any atom is -0.495 e. The number of nitrogens with one attached hydrogen (secondary N) is 1. The van der Waals surface area contributed by atoms with E-state index in [0.29, 0.717) is 16.5 Å². The van der Waals surface area contributed by atoms with E-state index < -0.39 is 0 Å². The number of hydrogen-bond acceptors (Lipinski definition) is 4. The molecule has 2 amide bonds. The molecule has 6 nitrogen and oxygen atoms in total. The van der Waals surface area contributed by atoms with Gasteiger partial charge in [0.05, 0.1) is 25.9 Å². The molecule has 1 aliphatic rings. The van der Waals surface area contributed by atoms with Crippen LogP contribution in [0.15, 0.2) is 18.2 Å². The summed E-state index contributed by atoms with van der Waals surface area (Å²) in [6, 6.07) is 5.03. The number of amides is 2. The van der Waals surface area contributed by atoms with Crippen molar-refractivity contribution in [3.63, 3.8) is 0 Å². The first kappa shape index (κ1) is 19.5. The summed E-state index contributed by atoms with van der Waals surface area (Å²) < 4.78 is 5.21. The van der Waals surface area contributed by atoms with Crippen LogP contribution in [-0.2, 0) is 9.59 Å². The van der Waals surface area contributed by atoms with Crippen molar-refractivity contribution in [2.45, 2.75) is 25.7 Å². The molecule has 25 heavy (non-hydrogen) atoms. The van der Waals surface area contributed by atoms with E-state index in [1.165, 1.54) is 20.0 Å². The molecule has 2 rings (SSSR count). The summed E-state index contributed by atoms with van der Waals surface area (Å²) in [5.74, 6) is 0.408. The summed E-state index contributed by atoms with van der Waals surface area (Å²) >= 11 is 5.96. The zero-order valence-corrected chi connectivity index (χ0v) is 15.6. The Bertz CT molecular complexity index is 601. The molecule has 0 saturated carbocycles. The fourth-order valence-corrected chi connectivity index (χ4v) is 3.09. The van der Waals surface area contributed by atoms with Gasteiger partial charge < -0.3 is 15.0 Å². The maximum absolute atomic E-state index is 12.4. The molecule has 0 unspecified atom stereocenters. The van der Waals surface area contributed by atoms with Gasteiger partial charge in [0, 0.05) is 18.1 Å². The Morgan fingerprint density at radius 3 is 2.52 bits per heavy atom. The summed E-state index contributed by atoms with van der Waals surface area (Å²) in [6.45, 7) is 1.99. The Kier molecular flexibility index (Phi) is 7.52. The van der Waals surface area contributed by atoms with E-state index >= 15 is 0 Å². The summed E-state index contributed by atoms with van der Waals surface area (Å²) in [6.07, 6.45) is 4.49. The second kappa shape index (κ2) is 9.63. The van der Waals surface area contributed by atoms with Gasteiger partial charge in [-0.1, -0.05) is 24.4 Å². The van der Waals surface area contributed by atoms with Gasteiger partial charge in [0.1, 0.15) is 5.75 Å². The average Bonchev–Trinajstić information content (AvgIpc) is 2.84. The number of likely N-dealkylation sites (N-methyl/N-ethyl adjacent to an activating group) is 1. The van der Waals surface area contributed by atoms with Crippen LogP contribution in [0.3, 0.4) is 0 Å². The van der Waals surface area contributed by atoms with Gasteiger partial charge in [-0.3, -0.25) is 14.5 Å². The Hall–Kier alpha value is -1.79. The van der Waals surface area contributed by atoms with Gasteiger partial charge in [0.15, 0.2) is 0 Å². The number of rotatable bonds is 6. The zero-order chi connectivity index (χ0) is 18.2. The largest absolute Gasteiger partial charge is 0.495 e. The summed E-state index contributed by atoms with van der Waals surface area (Å²) in [5, 5.41) is 3.30. The van der Waals surface area contributed by atoms with Crippen LogP contribution >= 0.6 is 11.6 Å². The minimum atomic E-state index is -0.216. The molecule has 0 bridgehead atoms. The number of halogens is 1. The number of carbonyl (C=O) groups excluding carboxylic acids is 2. The van der Waals surface area contributed by atoms with Crippen LogP contribution in [0.5, 0.6) is 5.75 Å². The third-order valence-electron chi connectivity index (χ3n) is 4.21. The highest BCUT2D eigenvalue weighted by Crippen LogP contribution is 2.27. The van der Waals surface area contributed by atoms with Crippen LogP contribution in [0.1, 0.15) is 25.7 Å². The van der Waals surface area contributed by atoms with E-state index in [0.717, 1.165) is 25.9 Å². The first-order valence-electron chi connectivity index (χ1n) is 8.59. The van der Waals surface area contributed by atoms with Gasteiger partial charge in [0.2, 0.25) is 11.8 Å². The van der Waals surface area contributed by atoms with Crippen molar-refractivity contribution in [1.29, 1.82) is 0 Å². The topological polar surface area (TPSA) is 61.9 Å². The first-order valence-corrected chi connectivity index (χ1v) is 8.97. The van der Waals surface area contributed by atoms with Crippen molar-refractivity contribution in [3.8, 4) is 5.75 Å². The molecule has 0 radical (unpaired) electrons. The van der Waals surface area contributed by atoms with E-state index in [1.54, 1.807) is 30.1 Å². The molecule has 1 aromatic carbocycles. The van der Waals surface area contributed by atoms with Crippen LogP contribution in [0.4, 0.5) is 5.69 Å². The van der Waals surface area contributed by atoms with E-state index in [9.17, 15) is 9.59 Å². The van der Waals surface area contributed by atoms with E-state index in [-0.39, 0.29) is 24.9 Å². The van der Waals surface area contributed by atoms with E-state index in [1.807, 2.05) is 4.90 Å². The Balaban J connectivity index is 1.85. The van der Waals surface area contributed by atoms with Crippen LogP contribution in [0.25, 0.3) is 0 Å². The number of ether oxygens (including phenoxy) is 1. The standard InChI is InChI=1S/C18H26ClN3O3/c1-21(13-18(24)22-9-5-3-4-6-10-22)12-17(23)20-15-11-14(19)7-8-16(15)25-2/h7-8,11H,3-6,9-10,12-13H2,1-2H3,(H,20,23). The maximum atomic E-state index is 12.4. The van der Waals surface area contributed by atoms with Crippen LogP contribution in [-0.4, -0.2) is 62.0 Å². The first-order chi connectivity index (χ1) is 12.0. The Morgan fingerprint density at radius 1 is 1.20 bits per heavy atom. The lowest BCUT2D eigenvalue weighted by Gasteiger charge is -2.24. The highest BCUT2D eigenvalue weighted by atomic mass is 35.5. The molecule has 1 saturated heterocycles. The normalized spacial score (nSPS) is 15.0. The highest BCUT2D eigenvalue weighted by molar-refractivity contribution is 6.31. The highest BCUT2D eigenvalue weighted by Gasteiger charge is 2.18. The predicted octanol–water partition coefficient (Wildman–Crippen LogP) is 2.62. The molecule has 7 heteroatoms. The number of nitrogens with zero attached hydrogens (tertiary/aromatic N) is 2. The fraction of sp³-hybridized carbons (Fsp3) is 0.556.